The Balaban J connectivity index is 1.89. The molecule has 5 heteroatoms. The number of rotatable bonds is 2. The van der Waals surface area contributed by atoms with Crippen molar-refractivity contribution in [1.29, 1.82) is 0 Å². The van der Waals surface area contributed by atoms with E-state index in [9.17, 15) is 0 Å². The SMILES string of the molecule is CC1CCCNC1c1nc(-c2ccccc2Br)no1. The quantitative estimate of drug-likeness (QED) is 0.918. The van der Waals surface area contributed by atoms with E-state index in [-0.39, 0.29) is 6.04 Å². The van der Waals surface area contributed by atoms with E-state index in [0.717, 1.165) is 16.6 Å². The second kappa shape index (κ2) is 5.43. The summed E-state index contributed by atoms with van der Waals surface area (Å²) in [6.07, 6.45) is 2.41. The lowest BCUT2D eigenvalue weighted by Gasteiger charge is -2.26. The van der Waals surface area contributed by atoms with Gasteiger partial charge in [-0.25, -0.2) is 0 Å². The molecule has 1 aliphatic heterocycles. The van der Waals surface area contributed by atoms with Crippen LogP contribution in [0.3, 0.4) is 0 Å². The van der Waals surface area contributed by atoms with Gasteiger partial charge in [-0.05, 0) is 37.4 Å². The minimum Gasteiger partial charge on any atom is -0.337 e. The van der Waals surface area contributed by atoms with E-state index in [1.165, 1.54) is 12.8 Å². The van der Waals surface area contributed by atoms with Gasteiger partial charge in [0.25, 0.3) is 0 Å². The third-order valence-corrected chi connectivity index (χ3v) is 4.28. The van der Waals surface area contributed by atoms with Gasteiger partial charge in [0.1, 0.15) is 0 Å². The zero-order valence-electron chi connectivity index (χ0n) is 10.8. The molecule has 0 spiro atoms. The van der Waals surface area contributed by atoms with Crippen molar-refractivity contribution in [1.82, 2.24) is 15.5 Å². The number of hydrogen-bond acceptors (Lipinski definition) is 4. The Morgan fingerprint density at radius 1 is 1.37 bits per heavy atom. The molecule has 0 bridgehead atoms. The molecule has 3 rings (SSSR count). The summed E-state index contributed by atoms with van der Waals surface area (Å²) in [5, 5.41) is 7.56. The van der Waals surface area contributed by atoms with Crippen LogP contribution in [-0.2, 0) is 0 Å². The molecule has 2 unspecified atom stereocenters. The Labute approximate surface area is 120 Å². The summed E-state index contributed by atoms with van der Waals surface area (Å²) in [6.45, 7) is 3.24. The van der Waals surface area contributed by atoms with Crippen molar-refractivity contribution in [2.75, 3.05) is 6.54 Å². The fourth-order valence-corrected chi connectivity index (χ4v) is 2.96. The summed E-state index contributed by atoms with van der Waals surface area (Å²) >= 11 is 3.51. The number of nitrogens with one attached hydrogen (secondary N) is 1. The minimum absolute atomic E-state index is 0.178. The third kappa shape index (κ3) is 2.58. The molecule has 0 saturated carbocycles. The van der Waals surface area contributed by atoms with E-state index in [1.54, 1.807) is 0 Å². The van der Waals surface area contributed by atoms with Gasteiger partial charge >= 0.3 is 0 Å². The normalized spacial score (nSPS) is 23.5. The Bertz CT molecular complexity index is 569. The maximum atomic E-state index is 5.44. The Hall–Kier alpha value is -1.20. The van der Waals surface area contributed by atoms with Crippen LogP contribution in [0.2, 0.25) is 0 Å². The van der Waals surface area contributed by atoms with Crippen LogP contribution >= 0.6 is 15.9 Å². The van der Waals surface area contributed by atoms with Gasteiger partial charge in [0, 0.05) is 10.0 Å². The van der Waals surface area contributed by atoms with Gasteiger partial charge in [-0.15, -0.1) is 0 Å². The first kappa shape index (κ1) is 12.8. The number of benzene rings is 1. The lowest BCUT2D eigenvalue weighted by Crippen LogP contribution is -2.33. The van der Waals surface area contributed by atoms with Crippen LogP contribution in [0.25, 0.3) is 11.4 Å². The molecule has 2 atom stereocenters. The van der Waals surface area contributed by atoms with E-state index >= 15 is 0 Å². The molecule has 0 aliphatic carbocycles. The van der Waals surface area contributed by atoms with E-state index in [2.05, 4.69) is 38.3 Å². The van der Waals surface area contributed by atoms with Crippen molar-refractivity contribution in [3.63, 3.8) is 0 Å². The van der Waals surface area contributed by atoms with Crippen LogP contribution in [0.1, 0.15) is 31.7 Å². The summed E-state index contributed by atoms with van der Waals surface area (Å²) in [6, 6.07) is 8.08. The molecule has 1 N–H and O–H groups in total. The molecule has 0 amide bonds. The molecule has 4 nitrogen and oxygen atoms in total. The number of piperidine rings is 1. The van der Waals surface area contributed by atoms with Crippen molar-refractivity contribution < 1.29 is 4.52 Å². The van der Waals surface area contributed by atoms with Crippen molar-refractivity contribution in [3.05, 3.63) is 34.6 Å². The van der Waals surface area contributed by atoms with Gasteiger partial charge in [0.15, 0.2) is 0 Å². The maximum absolute atomic E-state index is 5.44. The highest BCUT2D eigenvalue weighted by molar-refractivity contribution is 9.10. The molecule has 1 fully saturated rings. The first-order chi connectivity index (χ1) is 9.25. The van der Waals surface area contributed by atoms with Crippen molar-refractivity contribution >= 4 is 15.9 Å². The zero-order valence-corrected chi connectivity index (χ0v) is 12.4. The van der Waals surface area contributed by atoms with Gasteiger partial charge in [-0.1, -0.05) is 40.1 Å². The van der Waals surface area contributed by atoms with Gasteiger partial charge < -0.3 is 9.84 Å². The van der Waals surface area contributed by atoms with Crippen molar-refractivity contribution in [2.45, 2.75) is 25.8 Å². The molecular formula is C14H16BrN3O. The first-order valence-electron chi connectivity index (χ1n) is 6.57. The number of hydrogen-bond donors (Lipinski definition) is 1. The highest BCUT2D eigenvalue weighted by Gasteiger charge is 2.27. The standard InChI is InChI=1S/C14H16BrN3O/c1-9-5-4-8-16-12(9)14-17-13(18-19-14)10-6-2-3-7-11(10)15/h2-3,6-7,9,12,16H,4-5,8H2,1H3. The molecule has 0 radical (unpaired) electrons. The number of halogens is 1. The highest BCUT2D eigenvalue weighted by Crippen LogP contribution is 2.30. The first-order valence-corrected chi connectivity index (χ1v) is 7.37. The van der Waals surface area contributed by atoms with E-state index in [4.69, 9.17) is 4.52 Å². The number of aromatic nitrogens is 2. The van der Waals surface area contributed by atoms with Gasteiger partial charge in [0.05, 0.1) is 6.04 Å². The van der Waals surface area contributed by atoms with Crippen LogP contribution in [0, 0.1) is 5.92 Å². The molecule has 19 heavy (non-hydrogen) atoms. The van der Waals surface area contributed by atoms with Crippen LogP contribution < -0.4 is 5.32 Å². The molecule has 1 saturated heterocycles. The predicted molar refractivity (Wildman–Crippen MR) is 76.6 cm³/mol. The average molecular weight is 322 g/mol. The van der Waals surface area contributed by atoms with E-state index < -0.39 is 0 Å². The molecule has 1 aliphatic rings. The molecule has 2 heterocycles. The highest BCUT2D eigenvalue weighted by atomic mass is 79.9. The lowest BCUT2D eigenvalue weighted by atomic mass is 9.93. The van der Waals surface area contributed by atoms with Crippen LogP contribution in [0.4, 0.5) is 0 Å². The average Bonchev–Trinajstić information content (AvgIpc) is 2.89. The molecule has 1 aromatic carbocycles. The minimum atomic E-state index is 0.178. The summed E-state index contributed by atoms with van der Waals surface area (Å²) in [7, 11) is 0. The largest absolute Gasteiger partial charge is 0.337 e. The molecular weight excluding hydrogens is 306 g/mol. The smallest absolute Gasteiger partial charge is 0.244 e. The van der Waals surface area contributed by atoms with Crippen LogP contribution in [0.5, 0.6) is 0 Å². The van der Waals surface area contributed by atoms with Crippen LogP contribution in [0.15, 0.2) is 33.3 Å². The van der Waals surface area contributed by atoms with Gasteiger partial charge in [0.2, 0.25) is 11.7 Å². The third-order valence-electron chi connectivity index (χ3n) is 3.59. The molecule has 2 aromatic rings. The van der Waals surface area contributed by atoms with E-state index in [1.807, 2.05) is 24.3 Å². The number of nitrogens with zero attached hydrogens (tertiary/aromatic N) is 2. The Kier molecular flexibility index (Phi) is 3.66. The summed E-state index contributed by atoms with van der Waals surface area (Å²) in [5.41, 5.74) is 0.959. The summed E-state index contributed by atoms with van der Waals surface area (Å²) < 4.78 is 6.42. The second-order valence-corrected chi connectivity index (χ2v) is 5.84. The molecule has 100 valence electrons. The lowest BCUT2D eigenvalue weighted by molar-refractivity contribution is 0.239. The summed E-state index contributed by atoms with van der Waals surface area (Å²) in [5.74, 6) is 1.86. The van der Waals surface area contributed by atoms with Crippen molar-refractivity contribution in [2.24, 2.45) is 5.92 Å². The maximum Gasteiger partial charge on any atom is 0.244 e. The van der Waals surface area contributed by atoms with E-state index in [0.29, 0.717) is 17.6 Å². The Morgan fingerprint density at radius 3 is 3.00 bits per heavy atom. The van der Waals surface area contributed by atoms with Gasteiger partial charge in [-0.3, -0.25) is 0 Å². The predicted octanol–water partition coefficient (Wildman–Crippen LogP) is 3.56. The molecule has 1 aromatic heterocycles. The monoisotopic (exact) mass is 321 g/mol. The fourth-order valence-electron chi connectivity index (χ4n) is 2.49. The van der Waals surface area contributed by atoms with Crippen molar-refractivity contribution in [3.8, 4) is 11.4 Å². The zero-order chi connectivity index (χ0) is 13.2. The van der Waals surface area contributed by atoms with Crippen LogP contribution in [-0.4, -0.2) is 16.7 Å². The van der Waals surface area contributed by atoms with Gasteiger partial charge in [-0.2, -0.15) is 4.98 Å². The Morgan fingerprint density at radius 2 is 2.21 bits per heavy atom. The summed E-state index contributed by atoms with van der Waals surface area (Å²) in [4.78, 5) is 4.55. The second-order valence-electron chi connectivity index (χ2n) is 4.99. The topological polar surface area (TPSA) is 51.0 Å². The fraction of sp³-hybridized carbons (Fsp3) is 0.429.